The van der Waals surface area contributed by atoms with Crippen molar-refractivity contribution in [2.75, 3.05) is 6.54 Å². The smallest absolute Gasteiger partial charge is 0.317 e. The van der Waals surface area contributed by atoms with Crippen LogP contribution in [0.5, 0.6) is 0 Å². The average Bonchev–Trinajstić information content (AvgIpc) is 2.81. The Morgan fingerprint density at radius 2 is 1.34 bits per heavy atom. The summed E-state index contributed by atoms with van der Waals surface area (Å²) in [4.78, 5) is 38.3. The van der Waals surface area contributed by atoms with Gasteiger partial charge in [0, 0.05) is 11.6 Å². The maximum absolute atomic E-state index is 12.9. The lowest BCUT2D eigenvalue weighted by atomic mass is 10.1. The lowest BCUT2D eigenvalue weighted by Gasteiger charge is -2.15. The highest BCUT2D eigenvalue weighted by molar-refractivity contribution is 6.30. The number of carbonyl (C=O) groups excluding carboxylic acids is 1. The number of para-hydroxylation sites is 2. The molecule has 6 nitrogen and oxygen atoms in total. The first-order chi connectivity index (χ1) is 15.5. The second-order valence-corrected chi connectivity index (χ2v) is 7.92. The number of hydrogen-bond donors (Lipinski definition) is 1. The van der Waals surface area contributed by atoms with Crippen molar-refractivity contribution in [1.82, 2.24) is 14.5 Å². The molecule has 1 amide bonds. The van der Waals surface area contributed by atoms with E-state index in [-0.39, 0.29) is 19.0 Å². The number of fused-ring (bicyclic) bond motifs is 1. The SMILES string of the molecule is O=C(Cn1c(=O)c(=O)n(Cc2ccccc2)c2ccccc21)NCCc1ccc(Cl)cc1. The van der Waals surface area contributed by atoms with Crippen molar-refractivity contribution in [2.24, 2.45) is 0 Å². The first-order valence-corrected chi connectivity index (χ1v) is 10.7. The van der Waals surface area contributed by atoms with Crippen LogP contribution in [-0.2, 0) is 24.3 Å². The minimum atomic E-state index is -0.715. The van der Waals surface area contributed by atoms with Gasteiger partial charge < -0.3 is 5.32 Å². The summed E-state index contributed by atoms with van der Waals surface area (Å²) in [6, 6.07) is 24.0. The van der Waals surface area contributed by atoms with Gasteiger partial charge in [0.25, 0.3) is 0 Å². The zero-order valence-corrected chi connectivity index (χ0v) is 18.1. The van der Waals surface area contributed by atoms with Gasteiger partial charge in [-0.05, 0) is 41.8 Å². The van der Waals surface area contributed by atoms with E-state index in [4.69, 9.17) is 11.6 Å². The topological polar surface area (TPSA) is 73.1 Å². The molecule has 0 bridgehead atoms. The van der Waals surface area contributed by atoms with Crippen molar-refractivity contribution in [3.8, 4) is 0 Å². The van der Waals surface area contributed by atoms with Crippen LogP contribution in [0.2, 0.25) is 5.02 Å². The number of halogens is 1. The summed E-state index contributed by atoms with van der Waals surface area (Å²) in [5.74, 6) is -0.327. The molecule has 162 valence electrons. The van der Waals surface area contributed by atoms with E-state index in [9.17, 15) is 14.4 Å². The molecule has 32 heavy (non-hydrogen) atoms. The van der Waals surface area contributed by atoms with Gasteiger partial charge in [0.2, 0.25) is 5.91 Å². The van der Waals surface area contributed by atoms with Crippen molar-refractivity contribution in [2.45, 2.75) is 19.5 Å². The van der Waals surface area contributed by atoms with E-state index in [1.54, 1.807) is 30.3 Å². The summed E-state index contributed by atoms with van der Waals surface area (Å²) in [6.45, 7) is 0.475. The van der Waals surface area contributed by atoms with Crippen LogP contribution in [0.25, 0.3) is 11.0 Å². The number of amides is 1. The standard InChI is InChI=1S/C25H22ClN3O3/c26-20-12-10-18(11-13-20)14-15-27-23(30)17-29-22-9-5-4-8-21(22)28(24(31)25(29)32)16-19-6-2-1-3-7-19/h1-13H,14-17H2,(H,27,30). The molecule has 0 saturated carbocycles. The first-order valence-electron chi connectivity index (χ1n) is 10.3. The molecule has 1 N–H and O–H groups in total. The Balaban J connectivity index is 1.56. The molecule has 1 heterocycles. The highest BCUT2D eigenvalue weighted by atomic mass is 35.5. The van der Waals surface area contributed by atoms with Gasteiger partial charge in [-0.15, -0.1) is 0 Å². The van der Waals surface area contributed by atoms with E-state index in [0.717, 1.165) is 11.1 Å². The van der Waals surface area contributed by atoms with Crippen molar-refractivity contribution >= 4 is 28.5 Å². The summed E-state index contributed by atoms with van der Waals surface area (Å²) in [5, 5.41) is 3.48. The van der Waals surface area contributed by atoms with Crippen molar-refractivity contribution in [3.05, 3.63) is 116 Å². The largest absolute Gasteiger partial charge is 0.354 e. The van der Waals surface area contributed by atoms with E-state index in [1.807, 2.05) is 48.5 Å². The second kappa shape index (κ2) is 9.66. The van der Waals surface area contributed by atoms with Gasteiger partial charge in [0.1, 0.15) is 6.54 Å². The molecule has 0 fully saturated rings. The number of nitrogens with zero attached hydrogens (tertiary/aromatic N) is 2. The van der Waals surface area contributed by atoms with Crippen LogP contribution < -0.4 is 16.4 Å². The molecule has 0 radical (unpaired) electrons. The Hall–Kier alpha value is -3.64. The fraction of sp³-hybridized carbons (Fsp3) is 0.160. The van der Waals surface area contributed by atoms with Gasteiger partial charge >= 0.3 is 11.1 Å². The zero-order chi connectivity index (χ0) is 22.5. The fourth-order valence-corrected chi connectivity index (χ4v) is 3.77. The van der Waals surface area contributed by atoms with Crippen LogP contribution in [0.1, 0.15) is 11.1 Å². The fourth-order valence-electron chi connectivity index (χ4n) is 3.65. The minimum Gasteiger partial charge on any atom is -0.354 e. The maximum Gasteiger partial charge on any atom is 0.317 e. The number of nitrogens with one attached hydrogen (secondary N) is 1. The lowest BCUT2D eigenvalue weighted by Crippen LogP contribution is -2.44. The van der Waals surface area contributed by atoms with E-state index in [0.29, 0.717) is 29.0 Å². The van der Waals surface area contributed by atoms with Crippen molar-refractivity contribution in [1.29, 1.82) is 0 Å². The van der Waals surface area contributed by atoms with Crippen LogP contribution in [0, 0.1) is 0 Å². The molecule has 0 atom stereocenters. The molecule has 7 heteroatoms. The third kappa shape index (κ3) is 4.81. The summed E-state index contributed by atoms with van der Waals surface area (Å²) >= 11 is 5.89. The molecule has 0 aliphatic rings. The number of benzene rings is 3. The van der Waals surface area contributed by atoms with Gasteiger partial charge in [-0.1, -0.05) is 66.2 Å². The van der Waals surface area contributed by atoms with Crippen LogP contribution in [0.3, 0.4) is 0 Å². The van der Waals surface area contributed by atoms with Gasteiger partial charge in [0.15, 0.2) is 0 Å². The van der Waals surface area contributed by atoms with Gasteiger partial charge in [-0.2, -0.15) is 0 Å². The number of aromatic nitrogens is 2. The monoisotopic (exact) mass is 447 g/mol. The van der Waals surface area contributed by atoms with Crippen LogP contribution in [0.15, 0.2) is 88.5 Å². The van der Waals surface area contributed by atoms with E-state index < -0.39 is 11.1 Å². The Labute approximate surface area is 189 Å². The predicted molar refractivity (Wildman–Crippen MR) is 126 cm³/mol. The molecular weight excluding hydrogens is 426 g/mol. The summed E-state index contributed by atoms with van der Waals surface area (Å²) in [7, 11) is 0. The van der Waals surface area contributed by atoms with Crippen molar-refractivity contribution < 1.29 is 4.79 Å². The Morgan fingerprint density at radius 1 is 0.750 bits per heavy atom. The highest BCUT2D eigenvalue weighted by Gasteiger charge is 2.15. The predicted octanol–water partition coefficient (Wildman–Crippen LogP) is 3.22. The van der Waals surface area contributed by atoms with Crippen LogP contribution >= 0.6 is 11.6 Å². The van der Waals surface area contributed by atoms with Crippen LogP contribution in [0.4, 0.5) is 0 Å². The molecule has 4 rings (SSSR count). The second-order valence-electron chi connectivity index (χ2n) is 7.48. The first kappa shape index (κ1) is 21.6. The van der Waals surface area contributed by atoms with Crippen molar-refractivity contribution in [3.63, 3.8) is 0 Å². The lowest BCUT2D eigenvalue weighted by molar-refractivity contribution is -0.121. The molecule has 3 aromatic carbocycles. The minimum absolute atomic E-state index is 0.221. The summed E-state index contributed by atoms with van der Waals surface area (Å²) in [6.07, 6.45) is 0.636. The Kier molecular flexibility index (Phi) is 6.52. The zero-order valence-electron chi connectivity index (χ0n) is 17.3. The highest BCUT2D eigenvalue weighted by Crippen LogP contribution is 2.13. The molecule has 0 unspecified atom stereocenters. The van der Waals surface area contributed by atoms with Crippen LogP contribution in [-0.4, -0.2) is 21.6 Å². The Morgan fingerprint density at radius 3 is 2.03 bits per heavy atom. The summed E-state index contributed by atoms with van der Waals surface area (Å²) < 4.78 is 2.71. The summed E-state index contributed by atoms with van der Waals surface area (Å²) in [5.41, 5.74) is 1.74. The Bertz CT molecular complexity index is 1360. The van der Waals surface area contributed by atoms with E-state index >= 15 is 0 Å². The molecule has 0 aliphatic heterocycles. The van der Waals surface area contributed by atoms with Gasteiger partial charge in [-0.25, -0.2) is 0 Å². The molecule has 0 spiro atoms. The quantitative estimate of drug-likeness (QED) is 0.442. The molecular formula is C25H22ClN3O3. The van der Waals surface area contributed by atoms with Gasteiger partial charge in [0.05, 0.1) is 17.6 Å². The number of carbonyl (C=O) groups is 1. The van der Waals surface area contributed by atoms with E-state index in [2.05, 4.69) is 5.32 Å². The maximum atomic E-state index is 12.9. The molecule has 1 aromatic heterocycles. The number of rotatable bonds is 7. The third-order valence-electron chi connectivity index (χ3n) is 5.27. The third-order valence-corrected chi connectivity index (χ3v) is 5.52. The van der Waals surface area contributed by atoms with E-state index in [1.165, 1.54) is 9.13 Å². The molecule has 4 aromatic rings. The average molecular weight is 448 g/mol. The normalized spacial score (nSPS) is 10.9. The molecule has 0 aliphatic carbocycles. The molecule has 0 saturated heterocycles. The number of hydrogen-bond acceptors (Lipinski definition) is 3. The van der Waals surface area contributed by atoms with Gasteiger partial charge in [-0.3, -0.25) is 23.5 Å².